The molecule has 1 aromatic carbocycles. The van der Waals surface area contributed by atoms with Crippen LogP contribution in [0.4, 0.5) is 10.1 Å². The van der Waals surface area contributed by atoms with Crippen LogP contribution in [0.1, 0.15) is 0 Å². The maximum absolute atomic E-state index is 13.5. The minimum absolute atomic E-state index is 0. The van der Waals surface area contributed by atoms with Crippen molar-refractivity contribution in [3.63, 3.8) is 0 Å². The van der Waals surface area contributed by atoms with Crippen LogP contribution >= 0.6 is 12.4 Å². The van der Waals surface area contributed by atoms with Gasteiger partial charge in [0, 0.05) is 26.2 Å². The highest BCUT2D eigenvalue weighted by atomic mass is 35.5. The van der Waals surface area contributed by atoms with Crippen LogP contribution in [0.3, 0.4) is 0 Å². The molecule has 0 unspecified atom stereocenters. The third kappa shape index (κ3) is 2.75. The molecule has 0 spiro atoms. The van der Waals surface area contributed by atoms with E-state index < -0.39 is 31.3 Å². The molecule has 0 saturated carbocycles. The summed E-state index contributed by atoms with van der Waals surface area (Å²) in [6.45, 7) is 0.942. The van der Waals surface area contributed by atoms with Crippen molar-refractivity contribution in [2.75, 3.05) is 20.1 Å². The van der Waals surface area contributed by atoms with E-state index in [2.05, 4.69) is 5.32 Å². The molecule has 1 N–H and O–H groups in total. The van der Waals surface area contributed by atoms with Gasteiger partial charge in [-0.3, -0.25) is 10.1 Å². The van der Waals surface area contributed by atoms with Gasteiger partial charge >= 0.3 is 5.69 Å². The average molecular weight is 326 g/mol. The SMILES string of the molecule is CN(C1CNC1)S(=O)(=O)c1cccc(F)c1[N+](=O)[O-].Cl. The molecule has 1 aliphatic rings. The Morgan fingerprint density at radius 2 is 2.05 bits per heavy atom. The molecule has 112 valence electrons. The van der Waals surface area contributed by atoms with Gasteiger partial charge in [0.05, 0.1) is 4.92 Å². The van der Waals surface area contributed by atoms with Crippen molar-refractivity contribution < 1.29 is 17.7 Å². The Labute approximate surface area is 121 Å². The fourth-order valence-electron chi connectivity index (χ4n) is 1.76. The zero-order chi connectivity index (χ0) is 14.2. The third-order valence-corrected chi connectivity index (χ3v) is 5.01. The molecule has 0 atom stereocenters. The molecule has 2 rings (SSSR count). The van der Waals surface area contributed by atoms with Gasteiger partial charge in [0.2, 0.25) is 15.8 Å². The first-order valence-corrected chi connectivity index (χ1v) is 6.91. The minimum Gasteiger partial charge on any atom is -0.313 e. The average Bonchev–Trinajstić information content (AvgIpc) is 2.25. The molecule has 0 bridgehead atoms. The summed E-state index contributed by atoms with van der Waals surface area (Å²) in [4.78, 5) is 9.20. The van der Waals surface area contributed by atoms with Crippen molar-refractivity contribution in [3.8, 4) is 0 Å². The molecule has 10 heteroatoms. The second kappa shape index (κ2) is 6.00. The number of hydrogen-bond donors (Lipinski definition) is 1. The lowest BCUT2D eigenvalue weighted by Gasteiger charge is -2.34. The maximum atomic E-state index is 13.5. The van der Waals surface area contributed by atoms with E-state index in [4.69, 9.17) is 0 Å². The lowest BCUT2D eigenvalue weighted by Crippen LogP contribution is -2.57. The van der Waals surface area contributed by atoms with E-state index in [1.54, 1.807) is 0 Å². The summed E-state index contributed by atoms with van der Waals surface area (Å²) in [5.41, 5.74) is -1.01. The number of nitro groups is 1. The molecule has 0 radical (unpaired) electrons. The lowest BCUT2D eigenvalue weighted by atomic mass is 10.2. The summed E-state index contributed by atoms with van der Waals surface area (Å²) in [6, 6.07) is 2.77. The van der Waals surface area contributed by atoms with Crippen molar-refractivity contribution >= 4 is 28.1 Å². The van der Waals surface area contributed by atoms with Crippen LogP contribution in [0.15, 0.2) is 23.1 Å². The molecule has 0 amide bonds. The highest BCUT2D eigenvalue weighted by Crippen LogP contribution is 2.29. The van der Waals surface area contributed by atoms with Crippen molar-refractivity contribution in [2.24, 2.45) is 0 Å². The molecule has 7 nitrogen and oxygen atoms in total. The third-order valence-electron chi connectivity index (χ3n) is 3.06. The molecular weight excluding hydrogens is 313 g/mol. The van der Waals surface area contributed by atoms with Crippen molar-refractivity contribution in [1.29, 1.82) is 0 Å². The summed E-state index contributed by atoms with van der Waals surface area (Å²) in [5.74, 6) is -1.16. The Hall–Kier alpha value is -1.29. The van der Waals surface area contributed by atoms with Gasteiger partial charge in [0.1, 0.15) is 0 Å². The smallest absolute Gasteiger partial charge is 0.313 e. The summed E-state index contributed by atoms with van der Waals surface area (Å²) in [5, 5.41) is 13.7. The number of nitrogens with one attached hydrogen (secondary N) is 1. The summed E-state index contributed by atoms with van der Waals surface area (Å²) in [6.07, 6.45) is 0. The first kappa shape index (κ1) is 16.8. The Morgan fingerprint density at radius 3 is 2.50 bits per heavy atom. The second-order valence-corrected chi connectivity index (χ2v) is 6.14. The van der Waals surface area contributed by atoms with Crippen molar-refractivity contribution in [3.05, 3.63) is 34.1 Å². The van der Waals surface area contributed by atoms with Crippen LogP contribution in [0, 0.1) is 15.9 Å². The molecular formula is C10H13ClFN3O4S. The Balaban J connectivity index is 0.00000200. The van der Waals surface area contributed by atoms with E-state index in [0.717, 1.165) is 22.5 Å². The highest BCUT2D eigenvalue weighted by Gasteiger charge is 2.37. The monoisotopic (exact) mass is 325 g/mol. The predicted octanol–water partition coefficient (Wildman–Crippen LogP) is 0.748. The first-order valence-electron chi connectivity index (χ1n) is 5.47. The number of sulfonamides is 1. The molecule has 1 heterocycles. The molecule has 1 fully saturated rings. The number of nitro benzene ring substituents is 1. The van der Waals surface area contributed by atoms with Gasteiger partial charge in [0.15, 0.2) is 4.90 Å². The topological polar surface area (TPSA) is 92.6 Å². The van der Waals surface area contributed by atoms with Crippen LogP contribution in [0.5, 0.6) is 0 Å². The van der Waals surface area contributed by atoms with E-state index in [-0.39, 0.29) is 18.4 Å². The summed E-state index contributed by atoms with van der Waals surface area (Å²) < 4.78 is 39.0. The standard InChI is InChI=1S/C10H12FN3O4S.ClH/c1-13(7-5-12-6-7)19(17,18)9-4-2-3-8(11)10(9)14(15)16;/h2-4,7,12H,5-6H2,1H3;1H. The van der Waals surface area contributed by atoms with Gasteiger partial charge in [-0.05, 0) is 12.1 Å². The number of nitrogens with zero attached hydrogens (tertiary/aromatic N) is 2. The maximum Gasteiger partial charge on any atom is 0.324 e. The first-order chi connectivity index (χ1) is 8.85. The van der Waals surface area contributed by atoms with Gasteiger partial charge < -0.3 is 5.32 Å². The molecule has 1 aromatic rings. The van der Waals surface area contributed by atoms with E-state index in [0.29, 0.717) is 13.1 Å². The van der Waals surface area contributed by atoms with E-state index in [1.807, 2.05) is 0 Å². The number of halogens is 2. The van der Waals surface area contributed by atoms with Crippen LogP contribution in [0.25, 0.3) is 0 Å². The lowest BCUT2D eigenvalue weighted by molar-refractivity contribution is -0.390. The number of likely N-dealkylation sites (N-methyl/N-ethyl adjacent to an activating group) is 1. The van der Waals surface area contributed by atoms with E-state index in [9.17, 15) is 22.9 Å². The molecule has 20 heavy (non-hydrogen) atoms. The van der Waals surface area contributed by atoms with Gasteiger partial charge in [-0.1, -0.05) is 6.07 Å². The Bertz CT molecular complexity index is 621. The van der Waals surface area contributed by atoms with Gasteiger partial charge in [0.25, 0.3) is 0 Å². The number of hydrogen-bond acceptors (Lipinski definition) is 5. The molecule has 1 saturated heterocycles. The van der Waals surface area contributed by atoms with Crippen LogP contribution in [-0.2, 0) is 10.0 Å². The number of para-hydroxylation sites is 1. The Morgan fingerprint density at radius 1 is 1.45 bits per heavy atom. The van der Waals surface area contributed by atoms with Gasteiger partial charge in [-0.15, -0.1) is 12.4 Å². The van der Waals surface area contributed by atoms with E-state index in [1.165, 1.54) is 7.05 Å². The normalized spacial score (nSPS) is 15.6. The zero-order valence-electron chi connectivity index (χ0n) is 10.4. The van der Waals surface area contributed by atoms with Crippen molar-refractivity contribution in [1.82, 2.24) is 9.62 Å². The molecule has 1 aliphatic heterocycles. The number of benzene rings is 1. The highest BCUT2D eigenvalue weighted by molar-refractivity contribution is 7.89. The summed E-state index contributed by atoms with van der Waals surface area (Å²) in [7, 11) is -2.76. The fourth-order valence-corrected chi connectivity index (χ4v) is 3.28. The van der Waals surface area contributed by atoms with Crippen LogP contribution in [0.2, 0.25) is 0 Å². The zero-order valence-corrected chi connectivity index (χ0v) is 12.1. The van der Waals surface area contributed by atoms with Gasteiger partial charge in [-0.2, -0.15) is 8.70 Å². The predicted molar refractivity (Wildman–Crippen MR) is 71.9 cm³/mol. The fraction of sp³-hybridized carbons (Fsp3) is 0.400. The second-order valence-electron chi connectivity index (χ2n) is 4.18. The largest absolute Gasteiger partial charge is 0.324 e. The molecule has 0 aliphatic carbocycles. The summed E-state index contributed by atoms with van der Waals surface area (Å²) >= 11 is 0. The minimum atomic E-state index is -4.09. The molecule has 0 aromatic heterocycles. The van der Waals surface area contributed by atoms with Crippen molar-refractivity contribution in [2.45, 2.75) is 10.9 Å². The number of rotatable bonds is 4. The van der Waals surface area contributed by atoms with Gasteiger partial charge in [-0.25, -0.2) is 8.42 Å². The van der Waals surface area contributed by atoms with Crippen LogP contribution < -0.4 is 5.32 Å². The van der Waals surface area contributed by atoms with E-state index >= 15 is 0 Å². The Kier molecular flexibility index (Phi) is 5.03. The van der Waals surface area contributed by atoms with Crippen LogP contribution in [-0.4, -0.2) is 43.8 Å². The quantitative estimate of drug-likeness (QED) is 0.651.